The quantitative estimate of drug-likeness (QED) is 0.557. The summed E-state index contributed by atoms with van der Waals surface area (Å²) < 4.78 is 12.5. The first kappa shape index (κ1) is 20.1. The minimum atomic E-state index is -0.239. The molecule has 1 saturated heterocycles. The fraction of sp³-hybridized carbons (Fsp3) is 0.273. The number of fused-ring (bicyclic) bond motifs is 1. The van der Waals surface area contributed by atoms with Gasteiger partial charge in [0.25, 0.3) is 5.91 Å². The van der Waals surface area contributed by atoms with Crippen molar-refractivity contribution >= 4 is 50.1 Å². The summed E-state index contributed by atoms with van der Waals surface area (Å²) in [5.74, 6) is -0.239. The number of amides is 1. The summed E-state index contributed by atoms with van der Waals surface area (Å²) in [6, 6.07) is 12.9. The van der Waals surface area contributed by atoms with E-state index in [2.05, 4.69) is 26.2 Å². The van der Waals surface area contributed by atoms with Crippen LogP contribution in [0.4, 0.5) is 5.69 Å². The molecule has 1 amide bonds. The zero-order valence-corrected chi connectivity index (χ0v) is 18.2. The minimum absolute atomic E-state index is 0.0596. The molecule has 1 atom stereocenters. The lowest BCUT2D eigenvalue weighted by atomic mass is 10.1. The van der Waals surface area contributed by atoms with E-state index in [0.717, 1.165) is 34.9 Å². The topological polar surface area (TPSA) is 63.8 Å². The zero-order chi connectivity index (χ0) is 20.4. The molecule has 5 nitrogen and oxygen atoms in total. The van der Waals surface area contributed by atoms with Gasteiger partial charge >= 0.3 is 0 Å². The first-order valence-electron chi connectivity index (χ1n) is 9.44. The summed E-state index contributed by atoms with van der Waals surface area (Å²) in [6.45, 7) is 3.13. The summed E-state index contributed by atoms with van der Waals surface area (Å²) in [7, 11) is 0. The van der Waals surface area contributed by atoms with Crippen LogP contribution in [-0.4, -0.2) is 25.2 Å². The van der Waals surface area contributed by atoms with Crippen molar-refractivity contribution in [1.29, 1.82) is 0 Å². The van der Waals surface area contributed by atoms with E-state index in [-0.39, 0.29) is 17.6 Å². The van der Waals surface area contributed by atoms with Crippen LogP contribution in [0.25, 0.3) is 11.0 Å². The molecule has 2 aromatic carbocycles. The van der Waals surface area contributed by atoms with Crippen molar-refractivity contribution in [3.63, 3.8) is 0 Å². The Kier molecular flexibility index (Phi) is 6.04. The second-order valence-corrected chi connectivity index (χ2v) is 8.39. The van der Waals surface area contributed by atoms with Crippen molar-refractivity contribution in [3.8, 4) is 0 Å². The third-order valence-electron chi connectivity index (χ3n) is 4.85. The highest BCUT2D eigenvalue weighted by Crippen LogP contribution is 2.23. The van der Waals surface area contributed by atoms with Crippen molar-refractivity contribution in [2.45, 2.75) is 25.9 Å². The zero-order valence-electron chi connectivity index (χ0n) is 15.9. The number of nitrogens with one attached hydrogen (secondary N) is 1. The fourth-order valence-corrected chi connectivity index (χ4v) is 3.91. The number of aryl methyl sites for hydroxylation is 1. The van der Waals surface area contributed by atoms with Gasteiger partial charge in [-0.1, -0.05) is 27.5 Å². The molecule has 150 valence electrons. The number of hydrogen-bond acceptors (Lipinski definition) is 4. The van der Waals surface area contributed by atoms with Gasteiger partial charge < -0.3 is 14.5 Å². The van der Waals surface area contributed by atoms with Gasteiger partial charge in [0, 0.05) is 28.0 Å². The molecule has 1 aromatic heterocycles. The van der Waals surface area contributed by atoms with E-state index in [1.807, 2.05) is 37.3 Å². The first-order chi connectivity index (χ1) is 14.0. The number of carbonyl (C=O) groups excluding carboxylic acids is 1. The SMILES string of the molecule is Cc1cc(Cl)ccc1N=c1oc2ccc(Br)cc2cc1C(=O)NC[C@@H]1CCCO1. The number of halogens is 2. The van der Waals surface area contributed by atoms with Crippen molar-refractivity contribution in [2.24, 2.45) is 4.99 Å². The van der Waals surface area contributed by atoms with Crippen LogP contribution in [-0.2, 0) is 4.74 Å². The summed E-state index contributed by atoms with van der Waals surface area (Å²) >= 11 is 9.52. The summed E-state index contributed by atoms with van der Waals surface area (Å²) in [6.07, 6.45) is 2.04. The second kappa shape index (κ2) is 8.69. The highest BCUT2D eigenvalue weighted by molar-refractivity contribution is 9.10. The van der Waals surface area contributed by atoms with Crippen LogP contribution < -0.4 is 10.9 Å². The Morgan fingerprint density at radius 2 is 2.14 bits per heavy atom. The summed E-state index contributed by atoms with van der Waals surface area (Å²) in [5, 5.41) is 4.40. The molecule has 7 heteroatoms. The maximum absolute atomic E-state index is 13.0. The van der Waals surface area contributed by atoms with Gasteiger partial charge in [-0.25, -0.2) is 4.99 Å². The van der Waals surface area contributed by atoms with E-state index in [4.69, 9.17) is 20.8 Å². The molecule has 0 radical (unpaired) electrons. The Hall–Kier alpha value is -2.15. The average Bonchev–Trinajstić information content (AvgIpc) is 3.21. The molecule has 0 aliphatic carbocycles. The third-order valence-corrected chi connectivity index (χ3v) is 5.58. The smallest absolute Gasteiger partial charge is 0.256 e. The van der Waals surface area contributed by atoms with Gasteiger partial charge in [-0.2, -0.15) is 0 Å². The lowest BCUT2D eigenvalue weighted by Crippen LogP contribution is -2.34. The Morgan fingerprint density at radius 3 is 2.90 bits per heavy atom. The Bertz CT molecular complexity index is 1140. The third kappa shape index (κ3) is 4.71. The molecular weight excluding hydrogens is 456 g/mol. The number of nitrogens with zero attached hydrogens (tertiary/aromatic N) is 1. The molecule has 0 spiro atoms. The second-order valence-electron chi connectivity index (χ2n) is 7.04. The van der Waals surface area contributed by atoms with Crippen molar-refractivity contribution in [2.75, 3.05) is 13.2 Å². The number of benzene rings is 2. The van der Waals surface area contributed by atoms with Crippen LogP contribution in [0.5, 0.6) is 0 Å². The first-order valence-corrected chi connectivity index (χ1v) is 10.6. The molecule has 1 aliphatic heterocycles. The van der Waals surface area contributed by atoms with E-state index in [1.54, 1.807) is 12.1 Å². The lowest BCUT2D eigenvalue weighted by Gasteiger charge is -2.11. The standard InChI is InChI=1S/C22H20BrClN2O3/c1-13-9-16(24)5-6-19(13)26-22-18(21(27)25-12-17-3-2-8-28-17)11-14-10-15(23)4-7-20(14)29-22/h4-7,9-11,17H,2-3,8,12H2,1H3,(H,25,27)/t17-/m0/s1. The van der Waals surface area contributed by atoms with Crippen LogP contribution in [0.1, 0.15) is 28.8 Å². The van der Waals surface area contributed by atoms with E-state index in [9.17, 15) is 4.79 Å². The Balaban J connectivity index is 1.78. The minimum Gasteiger partial charge on any atom is -0.438 e. The number of rotatable bonds is 4. The van der Waals surface area contributed by atoms with E-state index < -0.39 is 0 Å². The average molecular weight is 476 g/mol. The molecule has 1 fully saturated rings. The van der Waals surface area contributed by atoms with Gasteiger partial charge in [-0.15, -0.1) is 0 Å². The normalized spacial score (nSPS) is 17.1. The van der Waals surface area contributed by atoms with Gasteiger partial charge in [0.2, 0.25) is 5.55 Å². The predicted octanol–water partition coefficient (Wildman–Crippen LogP) is 5.30. The largest absolute Gasteiger partial charge is 0.438 e. The van der Waals surface area contributed by atoms with Crippen LogP contribution in [0.2, 0.25) is 5.02 Å². The molecule has 1 N–H and O–H groups in total. The number of carbonyl (C=O) groups is 1. The van der Waals surface area contributed by atoms with Gasteiger partial charge in [-0.05, 0) is 67.8 Å². The molecule has 29 heavy (non-hydrogen) atoms. The fourth-order valence-electron chi connectivity index (χ4n) is 3.31. The summed E-state index contributed by atoms with van der Waals surface area (Å²) in [5.41, 5.74) is 2.88. The number of hydrogen-bond donors (Lipinski definition) is 1. The molecule has 4 rings (SSSR count). The van der Waals surface area contributed by atoms with Crippen molar-refractivity contribution < 1.29 is 13.9 Å². The van der Waals surface area contributed by atoms with Crippen molar-refractivity contribution in [3.05, 3.63) is 68.6 Å². The molecular formula is C22H20BrClN2O3. The molecule has 0 unspecified atom stereocenters. The van der Waals surface area contributed by atoms with Crippen LogP contribution in [0.15, 0.2) is 56.3 Å². The monoisotopic (exact) mass is 474 g/mol. The molecule has 0 saturated carbocycles. The van der Waals surface area contributed by atoms with Gasteiger partial charge in [0.1, 0.15) is 11.1 Å². The van der Waals surface area contributed by atoms with Gasteiger partial charge in [0.05, 0.1) is 11.8 Å². The summed E-state index contributed by atoms with van der Waals surface area (Å²) in [4.78, 5) is 17.6. The molecule has 1 aliphatic rings. The van der Waals surface area contributed by atoms with E-state index in [1.165, 1.54) is 0 Å². The predicted molar refractivity (Wildman–Crippen MR) is 117 cm³/mol. The lowest BCUT2D eigenvalue weighted by molar-refractivity contribution is 0.0854. The Morgan fingerprint density at radius 1 is 1.28 bits per heavy atom. The highest BCUT2D eigenvalue weighted by Gasteiger charge is 2.18. The van der Waals surface area contributed by atoms with Crippen molar-refractivity contribution in [1.82, 2.24) is 5.32 Å². The van der Waals surface area contributed by atoms with Gasteiger partial charge in [0.15, 0.2) is 0 Å². The molecule has 2 heterocycles. The maximum atomic E-state index is 13.0. The number of ether oxygens (including phenoxy) is 1. The van der Waals surface area contributed by atoms with E-state index >= 15 is 0 Å². The molecule has 0 bridgehead atoms. The highest BCUT2D eigenvalue weighted by atomic mass is 79.9. The Labute approximate surface area is 181 Å². The molecule has 3 aromatic rings. The van der Waals surface area contributed by atoms with Crippen LogP contribution >= 0.6 is 27.5 Å². The maximum Gasteiger partial charge on any atom is 0.256 e. The van der Waals surface area contributed by atoms with Crippen LogP contribution in [0, 0.1) is 6.92 Å². The van der Waals surface area contributed by atoms with E-state index in [0.29, 0.717) is 28.4 Å². The van der Waals surface area contributed by atoms with Crippen LogP contribution in [0.3, 0.4) is 0 Å². The van der Waals surface area contributed by atoms with Gasteiger partial charge in [-0.3, -0.25) is 4.79 Å².